The zero-order valence-electron chi connectivity index (χ0n) is 22.2. The van der Waals surface area contributed by atoms with Gasteiger partial charge in [0.25, 0.3) is 0 Å². The van der Waals surface area contributed by atoms with Gasteiger partial charge in [0.15, 0.2) is 11.6 Å². The fourth-order valence-corrected chi connectivity index (χ4v) is 9.62. The van der Waals surface area contributed by atoms with Crippen LogP contribution in [0.25, 0.3) is 11.0 Å². The molecular formula is C29H39F2N3O3. The molecule has 202 valence electrons. The van der Waals surface area contributed by atoms with Crippen LogP contribution in [0.5, 0.6) is 0 Å². The number of hydrogen-bond acceptors (Lipinski definition) is 5. The minimum Gasteiger partial charge on any atom is -0.390 e. The third kappa shape index (κ3) is 3.96. The van der Waals surface area contributed by atoms with Crippen LogP contribution < -0.4 is 0 Å². The summed E-state index contributed by atoms with van der Waals surface area (Å²) in [5.41, 5.74) is -0.390. The number of Topliss-reactive ketones (excluding diaryl/α,β-unsaturated/α-hetero) is 1. The summed E-state index contributed by atoms with van der Waals surface area (Å²) >= 11 is 0. The average molecular weight is 516 g/mol. The number of aromatic nitrogens is 3. The molecular weight excluding hydrogens is 476 g/mol. The van der Waals surface area contributed by atoms with E-state index in [1.54, 1.807) is 0 Å². The van der Waals surface area contributed by atoms with Gasteiger partial charge >= 0.3 is 0 Å². The molecule has 1 aromatic carbocycles. The van der Waals surface area contributed by atoms with Gasteiger partial charge in [-0.2, -0.15) is 9.90 Å². The van der Waals surface area contributed by atoms with Crippen molar-refractivity contribution < 1.29 is 23.4 Å². The first-order valence-corrected chi connectivity index (χ1v) is 14.0. The lowest BCUT2D eigenvalue weighted by Crippen LogP contribution is -2.58. The summed E-state index contributed by atoms with van der Waals surface area (Å²) < 4.78 is 33.6. The molecule has 0 saturated heterocycles. The number of ketones is 1. The lowest BCUT2D eigenvalue weighted by molar-refractivity contribution is -0.175. The molecule has 0 radical (unpaired) electrons. The number of halogens is 2. The van der Waals surface area contributed by atoms with Crippen molar-refractivity contribution in [3.63, 3.8) is 0 Å². The maximum absolute atomic E-state index is 14.1. The van der Waals surface area contributed by atoms with Crippen molar-refractivity contribution in [3.05, 3.63) is 23.8 Å². The van der Waals surface area contributed by atoms with Crippen LogP contribution in [0.15, 0.2) is 12.1 Å². The Kier molecular flexibility index (Phi) is 6.03. The fraction of sp³-hybridized carbons (Fsp3) is 0.759. The van der Waals surface area contributed by atoms with Crippen LogP contribution in [-0.2, 0) is 16.1 Å². The second-order valence-corrected chi connectivity index (χ2v) is 13.1. The molecule has 4 aliphatic rings. The Labute approximate surface area is 217 Å². The van der Waals surface area contributed by atoms with Gasteiger partial charge in [-0.05, 0) is 99.2 Å². The highest BCUT2D eigenvalue weighted by molar-refractivity contribution is 5.82. The van der Waals surface area contributed by atoms with Crippen LogP contribution in [0.2, 0.25) is 0 Å². The minimum absolute atomic E-state index is 0.00289. The second-order valence-electron chi connectivity index (χ2n) is 13.1. The molecule has 1 heterocycles. The maximum Gasteiger partial charge on any atom is 0.159 e. The van der Waals surface area contributed by atoms with Crippen LogP contribution in [0.4, 0.5) is 8.78 Å². The standard InChI is InChI=1S/C29H39F2N3O3/c1-27(36)10-11-29(16-37-3)17(14-27)4-5-19-20-6-7-22(28(20,2)9-8-21(19)29)25(35)15-34-32-24-13-18(30)12-23(31)26(24)33-34/h12-13,17,19-22,36H,4-11,14-16H2,1-3H3/t17-,19?,20-,21-,22+,27+,28-,29?/m0/s1. The lowest BCUT2D eigenvalue weighted by Gasteiger charge is -2.62. The lowest BCUT2D eigenvalue weighted by atomic mass is 9.43. The third-order valence-corrected chi connectivity index (χ3v) is 11.2. The molecule has 6 rings (SSSR count). The zero-order chi connectivity index (χ0) is 26.2. The fourth-order valence-electron chi connectivity index (χ4n) is 9.62. The number of fused-ring (bicyclic) bond motifs is 6. The summed E-state index contributed by atoms with van der Waals surface area (Å²) in [7, 11) is 1.81. The van der Waals surface area contributed by atoms with Crippen LogP contribution >= 0.6 is 0 Å². The van der Waals surface area contributed by atoms with E-state index in [1.807, 2.05) is 14.0 Å². The van der Waals surface area contributed by atoms with E-state index >= 15 is 0 Å². The Morgan fingerprint density at radius 2 is 1.89 bits per heavy atom. The highest BCUT2D eigenvalue weighted by Gasteiger charge is 2.63. The quantitative estimate of drug-likeness (QED) is 0.584. The topological polar surface area (TPSA) is 77.2 Å². The minimum atomic E-state index is -0.760. The second kappa shape index (κ2) is 8.80. The first-order chi connectivity index (χ1) is 17.6. The summed E-state index contributed by atoms with van der Waals surface area (Å²) in [6, 6.07) is 1.94. The highest BCUT2D eigenvalue weighted by atomic mass is 19.1. The van der Waals surface area contributed by atoms with Gasteiger partial charge in [-0.25, -0.2) is 8.78 Å². The molecule has 4 fully saturated rings. The highest BCUT2D eigenvalue weighted by Crippen LogP contribution is 2.68. The van der Waals surface area contributed by atoms with E-state index in [-0.39, 0.29) is 40.1 Å². The Morgan fingerprint density at radius 3 is 2.68 bits per heavy atom. The van der Waals surface area contributed by atoms with Crippen LogP contribution in [-0.4, -0.2) is 45.2 Å². The number of rotatable bonds is 5. The molecule has 2 unspecified atom stereocenters. The SMILES string of the molecule is COCC12CC[C@@](C)(O)C[C@@H]1CCC1[C@@H]2CC[C@]2(C)[C@@H](C(=O)Cn3nc4cc(F)cc(F)c4n3)CC[C@@H]12. The molecule has 2 aromatic rings. The predicted octanol–water partition coefficient (Wildman–Crippen LogP) is 5.32. The predicted molar refractivity (Wildman–Crippen MR) is 134 cm³/mol. The molecule has 1 N–H and O–H groups in total. The van der Waals surface area contributed by atoms with Gasteiger partial charge in [0.2, 0.25) is 0 Å². The van der Waals surface area contributed by atoms with E-state index in [4.69, 9.17) is 4.74 Å². The summed E-state index contributed by atoms with van der Waals surface area (Å²) in [6.07, 6.45) is 9.01. The van der Waals surface area contributed by atoms with E-state index in [9.17, 15) is 18.7 Å². The Morgan fingerprint density at radius 1 is 1.08 bits per heavy atom. The molecule has 8 heteroatoms. The number of nitrogens with zero attached hydrogens (tertiary/aromatic N) is 3. The van der Waals surface area contributed by atoms with Gasteiger partial charge < -0.3 is 9.84 Å². The number of hydrogen-bond donors (Lipinski definition) is 1. The van der Waals surface area contributed by atoms with Gasteiger partial charge in [-0.15, -0.1) is 5.10 Å². The van der Waals surface area contributed by atoms with Gasteiger partial charge in [-0.3, -0.25) is 4.79 Å². The van der Waals surface area contributed by atoms with E-state index < -0.39 is 17.2 Å². The molecule has 0 aliphatic heterocycles. The van der Waals surface area contributed by atoms with E-state index in [0.29, 0.717) is 23.7 Å². The van der Waals surface area contributed by atoms with E-state index in [1.165, 1.54) is 4.80 Å². The van der Waals surface area contributed by atoms with Gasteiger partial charge in [0.05, 0.1) is 12.2 Å². The Balaban J connectivity index is 1.22. The summed E-state index contributed by atoms with van der Waals surface area (Å²) in [5, 5.41) is 19.2. The molecule has 1 aromatic heterocycles. The first-order valence-electron chi connectivity index (χ1n) is 14.0. The number of benzene rings is 1. The number of ether oxygens (including phenoxy) is 1. The molecule has 0 spiro atoms. The summed E-state index contributed by atoms with van der Waals surface area (Å²) in [6.45, 7) is 5.05. The Bertz CT molecular complexity index is 1210. The molecule has 6 nitrogen and oxygen atoms in total. The molecule has 0 bridgehead atoms. The van der Waals surface area contributed by atoms with Crippen LogP contribution in [0, 0.1) is 52.1 Å². The number of aliphatic hydroxyl groups is 1. The van der Waals surface area contributed by atoms with Crippen LogP contribution in [0.3, 0.4) is 0 Å². The smallest absolute Gasteiger partial charge is 0.159 e. The monoisotopic (exact) mass is 515 g/mol. The summed E-state index contributed by atoms with van der Waals surface area (Å²) in [5.74, 6) is 0.701. The van der Waals surface area contributed by atoms with Gasteiger partial charge in [-0.1, -0.05) is 6.92 Å². The summed E-state index contributed by atoms with van der Waals surface area (Å²) in [4.78, 5) is 14.9. The van der Waals surface area contributed by atoms with Crippen molar-refractivity contribution in [1.29, 1.82) is 0 Å². The van der Waals surface area contributed by atoms with Crippen molar-refractivity contribution in [3.8, 4) is 0 Å². The van der Waals surface area contributed by atoms with Crippen molar-refractivity contribution in [1.82, 2.24) is 15.0 Å². The van der Waals surface area contributed by atoms with Crippen molar-refractivity contribution in [2.75, 3.05) is 13.7 Å². The first kappa shape index (κ1) is 25.4. The number of carbonyl (C=O) groups excluding carboxylic acids is 1. The van der Waals surface area contributed by atoms with Gasteiger partial charge in [0, 0.05) is 25.2 Å². The largest absolute Gasteiger partial charge is 0.390 e. The Hall–Kier alpha value is -1.93. The normalized spacial score (nSPS) is 41.3. The zero-order valence-corrected chi connectivity index (χ0v) is 22.2. The number of methoxy groups -OCH3 is 1. The maximum atomic E-state index is 14.1. The van der Waals surface area contributed by atoms with Crippen molar-refractivity contribution in [2.45, 2.75) is 83.8 Å². The molecule has 4 aliphatic carbocycles. The average Bonchev–Trinajstić information content (AvgIpc) is 3.39. The van der Waals surface area contributed by atoms with Crippen molar-refractivity contribution in [2.24, 2.45) is 40.4 Å². The van der Waals surface area contributed by atoms with E-state index in [2.05, 4.69) is 17.1 Å². The van der Waals surface area contributed by atoms with E-state index in [0.717, 1.165) is 76.5 Å². The third-order valence-electron chi connectivity index (χ3n) is 11.2. The van der Waals surface area contributed by atoms with Gasteiger partial charge in [0.1, 0.15) is 23.4 Å². The molecule has 4 saturated carbocycles. The molecule has 37 heavy (non-hydrogen) atoms. The van der Waals surface area contributed by atoms with Crippen molar-refractivity contribution >= 4 is 16.8 Å². The van der Waals surface area contributed by atoms with Crippen LogP contribution in [0.1, 0.15) is 71.6 Å². The molecule has 0 amide bonds. The number of carbonyl (C=O) groups is 1. The molecule has 8 atom stereocenters.